The van der Waals surface area contributed by atoms with Crippen molar-refractivity contribution in [1.29, 1.82) is 0 Å². The molecule has 0 spiro atoms. The summed E-state index contributed by atoms with van der Waals surface area (Å²) in [6.45, 7) is 11.9. The largest absolute Gasteiger partial charge is 0.457 e. The molecule has 1 aromatic rings. The number of likely N-dealkylation sites (tertiary alicyclic amines) is 1. The highest BCUT2D eigenvalue weighted by Gasteiger charge is 2.45. The van der Waals surface area contributed by atoms with Crippen molar-refractivity contribution >= 4 is 17.8 Å². The van der Waals surface area contributed by atoms with Gasteiger partial charge in [-0.1, -0.05) is 19.9 Å². The van der Waals surface area contributed by atoms with Crippen LogP contribution in [0.2, 0.25) is 0 Å². The summed E-state index contributed by atoms with van der Waals surface area (Å²) in [6.07, 6.45) is -0.412. The van der Waals surface area contributed by atoms with E-state index < -0.39 is 23.0 Å². The predicted octanol–water partition coefficient (Wildman–Crippen LogP) is 3.60. The molecule has 146 valence electrons. The fourth-order valence-electron chi connectivity index (χ4n) is 3.84. The molecule has 1 atom stereocenters. The number of esters is 1. The van der Waals surface area contributed by atoms with Crippen LogP contribution in [0.4, 0.5) is 4.79 Å². The van der Waals surface area contributed by atoms with Gasteiger partial charge in [-0.3, -0.25) is 4.79 Å². The van der Waals surface area contributed by atoms with E-state index in [4.69, 9.17) is 9.47 Å². The Bertz CT molecular complexity index is 819. The summed E-state index contributed by atoms with van der Waals surface area (Å²) in [6, 6.07) is 3.54. The van der Waals surface area contributed by atoms with E-state index in [-0.39, 0.29) is 24.9 Å². The van der Waals surface area contributed by atoms with Crippen LogP contribution in [0.1, 0.15) is 67.6 Å². The van der Waals surface area contributed by atoms with E-state index in [1.807, 2.05) is 47.6 Å². The highest BCUT2D eigenvalue weighted by molar-refractivity contribution is 5.96. The number of cyclic esters (lactones) is 1. The molecule has 2 heterocycles. The molecule has 1 unspecified atom stereocenters. The van der Waals surface area contributed by atoms with Crippen LogP contribution in [-0.4, -0.2) is 41.4 Å². The van der Waals surface area contributed by atoms with Gasteiger partial charge in [0.05, 0.1) is 11.5 Å². The topological polar surface area (TPSA) is 72.9 Å². The van der Waals surface area contributed by atoms with Crippen molar-refractivity contribution in [3.63, 3.8) is 0 Å². The van der Waals surface area contributed by atoms with Gasteiger partial charge in [0.1, 0.15) is 18.0 Å². The second kappa shape index (κ2) is 6.36. The van der Waals surface area contributed by atoms with Crippen LogP contribution in [0.15, 0.2) is 12.1 Å². The van der Waals surface area contributed by atoms with Crippen molar-refractivity contribution in [3.8, 4) is 0 Å². The zero-order valence-electron chi connectivity index (χ0n) is 16.8. The molecule has 1 amide bonds. The fraction of sp³-hybridized carbons (Fsp3) is 0.571. The number of fused-ring (bicyclic) bond motifs is 1. The Labute approximate surface area is 159 Å². The summed E-state index contributed by atoms with van der Waals surface area (Å²) < 4.78 is 10.6. The van der Waals surface area contributed by atoms with E-state index in [1.165, 1.54) is 0 Å². The average molecular weight is 373 g/mol. The number of Topliss-reactive ketones (excluding diaryl/α,β-unsaturated/α-hetero) is 1. The Kier molecular flexibility index (Phi) is 4.57. The minimum atomic E-state index is -0.683. The molecule has 1 fully saturated rings. The summed E-state index contributed by atoms with van der Waals surface area (Å²) in [4.78, 5) is 39.2. The lowest BCUT2D eigenvalue weighted by Gasteiger charge is -2.42. The average Bonchev–Trinajstić information content (AvgIpc) is 2.91. The highest BCUT2D eigenvalue weighted by atomic mass is 16.6. The lowest BCUT2D eigenvalue weighted by atomic mass is 9.73. The number of piperidine rings is 1. The number of carbonyl (C=O) groups excluding carboxylic acids is 3. The van der Waals surface area contributed by atoms with Gasteiger partial charge < -0.3 is 14.4 Å². The second-order valence-electron chi connectivity index (χ2n) is 9.04. The second-order valence-corrected chi connectivity index (χ2v) is 9.04. The van der Waals surface area contributed by atoms with Crippen LogP contribution in [-0.2, 0) is 20.9 Å². The highest BCUT2D eigenvalue weighted by Crippen LogP contribution is 2.38. The van der Waals surface area contributed by atoms with E-state index in [9.17, 15) is 14.4 Å². The van der Waals surface area contributed by atoms with Gasteiger partial charge >= 0.3 is 12.1 Å². The van der Waals surface area contributed by atoms with Gasteiger partial charge in [0.15, 0.2) is 0 Å². The number of ketones is 1. The fourth-order valence-corrected chi connectivity index (χ4v) is 3.84. The first-order valence-corrected chi connectivity index (χ1v) is 9.22. The third-order valence-corrected chi connectivity index (χ3v) is 5.21. The monoisotopic (exact) mass is 373 g/mol. The van der Waals surface area contributed by atoms with Crippen LogP contribution in [0, 0.1) is 12.3 Å². The zero-order chi connectivity index (χ0) is 20.1. The van der Waals surface area contributed by atoms with Gasteiger partial charge in [0.2, 0.25) is 0 Å². The number of rotatable bonds is 1. The zero-order valence-corrected chi connectivity index (χ0v) is 16.8. The molecule has 0 aromatic heterocycles. The Balaban J connectivity index is 1.96. The number of benzene rings is 1. The van der Waals surface area contributed by atoms with Gasteiger partial charge in [0, 0.05) is 24.1 Å². The molecule has 2 aliphatic heterocycles. The van der Waals surface area contributed by atoms with Gasteiger partial charge in [-0.2, -0.15) is 0 Å². The molecule has 3 rings (SSSR count). The Hall–Kier alpha value is -2.37. The molecular weight excluding hydrogens is 346 g/mol. The van der Waals surface area contributed by atoms with Crippen molar-refractivity contribution in [2.75, 3.05) is 13.1 Å². The smallest absolute Gasteiger partial charge is 0.410 e. The Morgan fingerprint density at radius 2 is 1.93 bits per heavy atom. The molecule has 1 aromatic carbocycles. The number of hydrogen-bond acceptors (Lipinski definition) is 5. The molecule has 0 aliphatic carbocycles. The van der Waals surface area contributed by atoms with Crippen LogP contribution in [0.25, 0.3) is 0 Å². The van der Waals surface area contributed by atoms with E-state index >= 15 is 0 Å². The van der Waals surface area contributed by atoms with E-state index in [2.05, 4.69) is 0 Å². The molecule has 6 heteroatoms. The number of ether oxygens (including phenoxy) is 2. The minimum Gasteiger partial charge on any atom is -0.457 e. The van der Waals surface area contributed by atoms with Gasteiger partial charge in [-0.15, -0.1) is 0 Å². The van der Waals surface area contributed by atoms with Crippen molar-refractivity contribution in [1.82, 2.24) is 4.90 Å². The number of nitrogens with zero attached hydrogens (tertiary/aromatic N) is 1. The Morgan fingerprint density at radius 1 is 1.26 bits per heavy atom. The van der Waals surface area contributed by atoms with E-state index in [0.717, 1.165) is 16.7 Å². The third kappa shape index (κ3) is 3.57. The number of amides is 1. The first-order chi connectivity index (χ1) is 12.4. The predicted molar refractivity (Wildman–Crippen MR) is 99.6 cm³/mol. The van der Waals surface area contributed by atoms with Crippen LogP contribution in [0.3, 0.4) is 0 Å². The number of carbonyl (C=O) groups is 3. The molecular formula is C21H27NO5. The third-order valence-electron chi connectivity index (χ3n) is 5.21. The van der Waals surface area contributed by atoms with Crippen molar-refractivity contribution in [2.45, 2.75) is 59.7 Å². The van der Waals surface area contributed by atoms with Gasteiger partial charge in [0.25, 0.3) is 0 Å². The summed E-state index contributed by atoms with van der Waals surface area (Å²) in [7, 11) is 0. The lowest BCUT2D eigenvalue weighted by molar-refractivity contribution is -0.133. The molecule has 0 saturated carbocycles. The van der Waals surface area contributed by atoms with Crippen LogP contribution >= 0.6 is 0 Å². The molecule has 27 heavy (non-hydrogen) atoms. The van der Waals surface area contributed by atoms with Crippen molar-refractivity contribution in [2.24, 2.45) is 5.41 Å². The maximum absolute atomic E-state index is 13.1. The molecule has 0 radical (unpaired) electrons. The summed E-state index contributed by atoms with van der Waals surface area (Å²) in [5, 5.41) is 0. The summed E-state index contributed by atoms with van der Waals surface area (Å²) in [5.41, 5.74) is 1.84. The quantitative estimate of drug-likeness (QED) is 0.704. The standard InChI is InChI=1S/C21H27NO5/c1-12-13(7-8-14-16(12)10-26-18(14)24)15-9-22(11-21(5,6)17(15)23)19(25)27-20(2,3)4/h7-8,15H,9-11H2,1-6H3. The Morgan fingerprint density at radius 3 is 2.56 bits per heavy atom. The molecule has 1 saturated heterocycles. The molecule has 0 N–H and O–H groups in total. The molecule has 0 bridgehead atoms. The van der Waals surface area contributed by atoms with Gasteiger partial charge in [-0.05, 0) is 44.9 Å². The maximum atomic E-state index is 13.1. The van der Waals surface area contributed by atoms with Crippen molar-refractivity contribution < 1.29 is 23.9 Å². The van der Waals surface area contributed by atoms with Crippen molar-refractivity contribution in [3.05, 3.63) is 34.4 Å². The normalized spacial score (nSPS) is 21.7. The molecule has 2 aliphatic rings. The number of hydrogen-bond donors (Lipinski definition) is 0. The summed E-state index contributed by atoms with van der Waals surface area (Å²) >= 11 is 0. The molecule has 6 nitrogen and oxygen atoms in total. The first kappa shape index (κ1) is 19.4. The van der Waals surface area contributed by atoms with E-state index in [0.29, 0.717) is 12.1 Å². The SMILES string of the molecule is Cc1c(C2CN(C(=O)OC(C)(C)C)CC(C)(C)C2=O)ccc2c1COC2=O. The lowest BCUT2D eigenvalue weighted by Crippen LogP contribution is -2.53. The minimum absolute atomic E-state index is 0.0931. The first-order valence-electron chi connectivity index (χ1n) is 9.22. The van der Waals surface area contributed by atoms with E-state index in [1.54, 1.807) is 11.0 Å². The van der Waals surface area contributed by atoms with Gasteiger partial charge in [-0.25, -0.2) is 9.59 Å². The van der Waals surface area contributed by atoms with Crippen LogP contribution < -0.4 is 0 Å². The summed E-state index contributed by atoms with van der Waals surface area (Å²) in [5.74, 6) is -0.691. The van der Waals surface area contributed by atoms with Crippen LogP contribution in [0.5, 0.6) is 0 Å². The maximum Gasteiger partial charge on any atom is 0.410 e.